The molecule has 0 spiro atoms. The Hall–Kier alpha value is -2.28. The molecule has 4 rings (SSSR count). The Morgan fingerprint density at radius 2 is 2.07 bits per heavy atom. The minimum Gasteiger partial charge on any atom is -0.326 e. The SMILES string of the molecule is O=C(Nc1cccc(-c2cscn2)c1)C1CCN(Cc2ccc(Cl)c(F)c2)CC1. The molecule has 0 saturated carbocycles. The highest BCUT2D eigenvalue weighted by molar-refractivity contribution is 7.07. The molecule has 1 aliphatic rings. The first-order valence-corrected chi connectivity index (χ1v) is 10.9. The van der Waals surface area contributed by atoms with Crippen molar-refractivity contribution < 1.29 is 9.18 Å². The molecule has 1 fully saturated rings. The maximum absolute atomic E-state index is 13.6. The molecule has 1 aromatic heterocycles. The average Bonchev–Trinajstić information content (AvgIpc) is 3.26. The van der Waals surface area contributed by atoms with E-state index in [1.54, 1.807) is 22.9 Å². The summed E-state index contributed by atoms with van der Waals surface area (Å²) in [4.78, 5) is 19.3. The average molecular weight is 430 g/mol. The molecule has 1 N–H and O–H groups in total. The molecular weight excluding hydrogens is 409 g/mol. The van der Waals surface area contributed by atoms with Crippen molar-refractivity contribution in [3.8, 4) is 11.3 Å². The molecule has 2 aromatic carbocycles. The van der Waals surface area contributed by atoms with Crippen molar-refractivity contribution in [1.29, 1.82) is 0 Å². The van der Waals surface area contributed by atoms with Crippen molar-refractivity contribution in [2.24, 2.45) is 5.92 Å². The van der Waals surface area contributed by atoms with Crippen LogP contribution < -0.4 is 5.32 Å². The highest BCUT2D eigenvalue weighted by atomic mass is 35.5. The van der Waals surface area contributed by atoms with Crippen LogP contribution in [0.1, 0.15) is 18.4 Å². The number of hydrogen-bond donors (Lipinski definition) is 1. The lowest BCUT2D eigenvalue weighted by atomic mass is 9.95. The van der Waals surface area contributed by atoms with Gasteiger partial charge in [0.1, 0.15) is 5.82 Å². The lowest BCUT2D eigenvalue weighted by Crippen LogP contribution is -2.37. The fraction of sp³-hybridized carbons (Fsp3) is 0.273. The van der Waals surface area contributed by atoms with Gasteiger partial charge >= 0.3 is 0 Å². The van der Waals surface area contributed by atoms with Crippen molar-refractivity contribution in [2.75, 3.05) is 18.4 Å². The van der Waals surface area contributed by atoms with Crippen LogP contribution in [0.15, 0.2) is 53.4 Å². The van der Waals surface area contributed by atoms with E-state index in [0.717, 1.165) is 48.4 Å². The van der Waals surface area contributed by atoms with E-state index >= 15 is 0 Å². The number of amides is 1. The summed E-state index contributed by atoms with van der Waals surface area (Å²) in [6.45, 7) is 2.28. The van der Waals surface area contributed by atoms with Crippen LogP contribution in [0.4, 0.5) is 10.1 Å². The second-order valence-electron chi connectivity index (χ2n) is 7.24. The molecule has 29 heavy (non-hydrogen) atoms. The number of rotatable bonds is 5. The summed E-state index contributed by atoms with van der Waals surface area (Å²) in [5.74, 6) is -0.355. The van der Waals surface area contributed by atoms with Gasteiger partial charge in [0.15, 0.2) is 0 Å². The van der Waals surface area contributed by atoms with Crippen molar-refractivity contribution in [2.45, 2.75) is 19.4 Å². The summed E-state index contributed by atoms with van der Waals surface area (Å²) in [7, 11) is 0. The van der Waals surface area contributed by atoms with Gasteiger partial charge in [0.05, 0.1) is 16.2 Å². The molecule has 1 aliphatic heterocycles. The molecule has 7 heteroatoms. The number of aromatic nitrogens is 1. The van der Waals surface area contributed by atoms with E-state index in [0.29, 0.717) is 6.54 Å². The number of nitrogens with one attached hydrogen (secondary N) is 1. The largest absolute Gasteiger partial charge is 0.326 e. The van der Waals surface area contributed by atoms with Gasteiger partial charge < -0.3 is 5.32 Å². The third kappa shape index (κ3) is 5.01. The van der Waals surface area contributed by atoms with E-state index in [-0.39, 0.29) is 16.8 Å². The van der Waals surface area contributed by atoms with E-state index < -0.39 is 5.82 Å². The summed E-state index contributed by atoms with van der Waals surface area (Å²) in [5.41, 5.74) is 5.40. The number of anilines is 1. The molecule has 0 aliphatic carbocycles. The quantitative estimate of drug-likeness (QED) is 0.586. The van der Waals surface area contributed by atoms with Crippen molar-refractivity contribution >= 4 is 34.5 Å². The van der Waals surface area contributed by atoms with Crippen LogP contribution in [0.3, 0.4) is 0 Å². The second-order valence-corrected chi connectivity index (χ2v) is 8.37. The number of carbonyl (C=O) groups is 1. The third-order valence-corrected chi connectivity index (χ3v) is 6.10. The van der Waals surface area contributed by atoms with Gasteiger partial charge in [-0.1, -0.05) is 29.8 Å². The first kappa shape index (κ1) is 20.0. The van der Waals surface area contributed by atoms with Gasteiger partial charge in [0, 0.05) is 29.1 Å². The van der Waals surface area contributed by atoms with Crippen LogP contribution >= 0.6 is 22.9 Å². The Morgan fingerprint density at radius 3 is 2.79 bits per heavy atom. The molecule has 0 atom stereocenters. The van der Waals surface area contributed by atoms with Crippen LogP contribution in [0.25, 0.3) is 11.3 Å². The van der Waals surface area contributed by atoms with Gasteiger partial charge in [-0.2, -0.15) is 0 Å². The fourth-order valence-electron chi connectivity index (χ4n) is 3.61. The first-order valence-electron chi connectivity index (χ1n) is 9.54. The molecule has 1 saturated heterocycles. The van der Waals surface area contributed by atoms with Gasteiger partial charge in [-0.15, -0.1) is 11.3 Å². The molecule has 150 valence electrons. The number of hydrogen-bond acceptors (Lipinski definition) is 4. The summed E-state index contributed by atoms with van der Waals surface area (Å²) < 4.78 is 13.6. The Bertz CT molecular complexity index is 987. The highest BCUT2D eigenvalue weighted by Crippen LogP contribution is 2.25. The minimum absolute atomic E-state index is 0.0175. The van der Waals surface area contributed by atoms with Crippen LogP contribution in [-0.4, -0.2) is 28.9 Å². The summed E-state index contributed by atoms with van der Waals surface area (Å²) in [6, 6.07) is 12.7. The van der Waals surface area contributed by atoms with Crippen LogP contribution in [0.2, 0.25) is 5.02 Å². The number of halogens is 2. The van der Waals surface area contributed by atoms with E-state index in [2.05, 4.69) is 15.2 Å². The van der Waals surface area contributed by atoms with Crippen LogP contribution in [0.5, 0.6) is 0 Å². The van der Waals surface area contributed by atoms with E-state index in [1.807, 2.05) is 35.7 Å². The summed E-state index contributed by atoms with van der Waals surface area (Å²) >= 11 is 7.30. The number of piperidine rings is 1. The first-order chi connectivity index (χ1) is 14.1. The zero-order chi connectivity index (χ0) is 20.2. The summed E-state index contributed by atoms with van der Waals surface area (Å²) in [5, 5.41) is 5.18. The number of nitrogens with zero attached hydrogens (tertiary/aromatic N) is 2. The van der Waals surface area contributed by atoms with Gasteiger partial charge in [0.2, 0.25) is 5.91 Å². The van der Waals surface area contributed by atoms with Crippen LogP contribution in [-0.2, 0) is 11.3 Å². The van der Waals surface area contributed by atoms with Gasteiger partial charge in [-0.3, -0.25) is 9.69 Å². The maximum Gasteiger partial charge on any atom is 0.227 e. The van der Waals surface area contributed by atoms with Gasteiger partial charge in [-0.05, 0) is 55.8 Å². The molecular formula is C22H21ClFN3OS. The molecule has 0 radical (unpaired) electrons. The van der Waals surface area contributed by atoms with Crippen LogP contribution in [0, 0.1) is 11.7 Å². The molecule has 0 unspecified atom stereocenters. The minimum atomic E-state index is -0.390. The Labute approximate surface area is 178 Å². The fourth-order valence-corrected chi connectivity index (χ4v) is 4.28. The molecule has 0 bridgehead atoms. The van der Waals surface area contributed by atoms with E-state index in [4.69, 9.17) is 11.6 Å². The maximum atomic E-state index is 13.6. The lowest BCUT2D eigenvalue weighted by Gasteiger charge is -2.31. The number of carbonyl (C=O) groups excluding carboxylic acids is 1. The summed E-state index contributed by atoms with van der Waals surface area (Å²) in [6.07, 6.45) is 1.57. The smallest absolute Gasteiger partial charge is 0.227 e. The zero-order valence-corrected chi connectivity index (χ0v) is 17.3. The highest BCUT2D eigenvalue weighted by Gasteiger charge is 2.25. The van der Waals surface area contributed by atoms with E-state index in [9.17, 15) is 9.18 Å². The number of likely N-dealkylation sites (tertiary alicyclic amines) is 1. The molecule has 4 nitrogen and oxygen atoms in total. The lowest BCUT2D eigenvalue weighted by molar-refractivity contribution is -0.121. The Kier molecular flexibility index (Phi) is 6.23. The van der Waals surface area contributed by atoms with E-state index in [1.165, 1.54) is 6.07 Å². The van der Waals surface area contributed by atoms with Crippen molar-refractivity contribution in [3.05, 3.63) is 69.8 Å². The zero-order valence-electron chi connectivity index (χ0n) is 15.8. The second kappa shape index (κ2) is 9.03. The molecule has 1 amide bonds. The standard InChI is InChI=1S/C22H21ClFN3OS/c23-19-5-4-15(10-20(19)24)12-27-8-6-16(7-9-27)22(28)26-18-3-1-2-17(11-18)21-13-29-14-25-21/h1-5,10-11,13-14,16H,6-9,12H2,(H,26,28). The monoisotopic (exact) mass is 429 g/mol. The van der Waals surface area contributed by atoms with Crippen molar-refractivity contribution in [1.82, 2.24) is 9.88 Å². The molecule has 3 aromatic rings. The topological polar surface area (TPSA) is 45.2 Å². The van der Waals surface area contributed by atoms with Gasteiger partial charge in [-0.25, -0.2) is 9.37 Å². The predicted molar refractivity (Wildman–Crippen MR) is 116 cm³/mol. The predicted octanol–water partition coefficient (Wildman–Crippen LogP) is 5.45. The number of benzene rings is 2. The van der Waals surface area contributed by atoms with Crippen molar-refractivity contribution in [3.63, 3.8) is 0 Å². The Morgan fingerprint density at radius 1 is 1.24 bits per heavy atom. The van der Waals surface area contributed by atoms with Gasteiger partial charge in [0.25, 0.3) is 0 Å². The molecule has 2 heterocycles. The third-order valence-electron chi connectivity index (χ3n) is 5.21. The Balaban J connectivity index is 1.31. The number of thiazole rings is 1. The normalized spacial score (nSPS) is 15.4.